The highest BCUT2D eigenvalue weighted by atomic mass is 127. The van der Waals surface area contributed by atoms with Crippen LogP contribution in [0.3, 0.4) is 0 Å². The molecule has 0 fully saturated rings. The van der Waals surface area contributed by atoms with E-state index < -0.39 is 0 Å². The Hall–Kier alpha value is -0.530. The smallest absolute Gasteiger partial charge is 0.124 e. The Morgan fingerprint density at radius 2 is 2.26 bits per heavy atom. The lowest BCUT2D eigenvalue weighted by Gasteiger charge is -2.19. The zero-order valence-electron chi connectivity index (χ0n) is 10.9. The van der Waals surface area contributed by atoms with Crippen LogP contribution in [0.2, 0.25) is 0 Å². The summed E-state index contributed by atoms with van der Waals surface area (Å²) in [5.41, 5.74) is 2.23. The first-order chi connectivity index (χ1) is 9.10. The van der Waals surface area contributed by atoms with E-state index >= 15 is 0 Å². The number of thiazole rings is 1. The Bertz CT molecular complexity index is 556. The molecule has 1 heterocycles. The van der Waals surface area contributed by atoms with Gasteiger partial charge in [-0.1, -0.05) is 13.0 Å². The van der Waals surface area contributed by atoms with Gasteiger partial charge in [0.1, 0.15) is 5.82 Å². The summed E-state index contributed by atoms with van der Waals surface area (Å²) in [6, 6.07) is 5.14. The number of aryl methyl sites for hydroxylation is 1. The topological polar surface area (TPSA) is 24.9 Å². The molecule has 5 heteroatoms. The van der Waals surface area contributed by atoms with Gasteiger partial charge in [0, 0.05) is 21.4 Å². The molecular weight excluding hydrogens is 374 g/mol. The molecule has 1 aromatic carbocycles. The predicted molar refractivity (Wildman–Crippen MR) is 86.1 cm³/mol. The third-order valence-corrected chi connectivity index (χ3v) is 4.62. The Morgan fingerprint density at radius 3 is 2.84 bits per heavy atom. The van der Waals surface area contributed by atoms with Crippen molar-refractivity contribution in [2.45, 2.75) is 26.3 Å². The molecule has 0 saturated carbocycles. The highest BCUT2D eigenvalue weighted by Crippen LogP contribution is 2.25. The highest BCUT2D eigenvalue weighted by molar-refractivity contribution is 14.1. The van der Waals surface area contributed by atoms with Crippen LogP contribution in [0, 0.1) is 16.3 Å². The van der Waals surface area contributed by atoms with E-state index in [1.54, 1.807) is 17.4 Å². The van der Waals surface area contributed by atoms with Gasteiger partial charge in [0.2, 0.25) is 0 Å². The molecule has 0 bridgehead atoms. The number of rotatable bonds is 5. The lowest BCUT2D eigenvalue weighted by atomic mass is 10.0. The average Bonchev–Trinajstić information content (AvgIpc) is 2.74. The molecular formula is C14H16FIN2S. The van der Waals surface area contributed by atoms with Crippen molar-refractivity contribution in [3.63, 3.8) is 0 Å². The van der Waals surface area contributed by atoms with Crippen LogP contribution >= 0.6 is 33.9 Å². The summed E-state index contributed by atoms with van der Waals surface area (Å²) in [4.78, 5) is 4.51. The lowest BCUT2D eigenvalue weighted by molar-refractivity contribution is 0.540. The fourth-order valence-electron chi connectivity index (χ4n) is 2.03. The number of halogens is 2. The predicted octanol–water partition coefficient (Wildman–Crippen LogP) is 4.09. The van der Waals surface area contributed by atoms with E-state index in [0.717, 1.165) is 32.8 Å². The summed E-state index contributed by atoms with van der Waals surface area (Å²) in [5, 5.41) is 6.63. The van der Waals surface area contributed by atoms with Crippen molar-refractivity contribution in [2.75, 3.05) is 6.54 Å². The Morgan fingerprint density at radius 1 is 1.47 bits per heavy atom. The summed E-state index contributed by atoms with van der Waals surface area (Å²) in [7, 11) is 0. The van der Waals surface area contributed by atoms with Crippen molar-refractivity contribution >= 4 is 33.9 Å². The number of likely N-dealkylation sites (N-methyl/N-ethyl adjacent to an activating group) is 1. The summed E-state index contributed by atoms with van der Waals surface area (Å²) in [6.45, 7) is 4.97. The maximum atomic E-state index is 13.2. The largest absolute Gasteiger partial charge is 0.310 e. The molecule has 1 atom stereocenters. The van der Waals surface area contributed by atoms with Crippen LogP contribution in [0.15, 0.2) is 23.6 Å². The van der Waals surface area contributed by atoms with Gasteiger partial charge < -0.3 is 5.32 Å². The molecule has 1 unspecified atom stereocenters. The molecule has 0 aliphatic carbocycles. The third-order valence-electron chi connectivity index (χ3n) is 2.87. The van der Waals surface area contributed by atoms with Crippen molar-refractivity contribution in [3.8, 4) is 0 Å². The number of aromatic nitrogens is 1. The molecule has 0 aliphatic heterocycles. The molecule has 2 rings (SSSR count). The van der Waals surface area contributed by atoms with Gasteiger partial charge in [-0.15, -0.1) is 11.3 Å². The van der Waals surface area contributed by atoms with Gasteiger partial charge in [-0.25, -0.2) is 9.37 Å². The molecule has 0 aliphatic rings. The average molecular weight is 390 g/mol. The second-order valence-corrected chi connectivity index (χ2v) is 6.56. The molecule has 2 aromatic rings. The van der Waals surface area contributed by atoms with Crippen molar-refractivity contribution in [2.24, 2.45) is 0 Å². The maximum Gasteiger partial charge on any atom is 0.124 e. The van der Waals surface area contributed by atoms with Gasteiger partial charge >= 0.3 is 0 Å². The number of nitrogens with zero attached hydrogens (tertiary/aromatic N) is 1. The lowest BCUT2D eigenvalue weighted by Crippen LogP contribution is -2.24. The minimum Gasteiger partial charge on any atom is -0.310 e. The first-order valence-electron chi connectivity index (χ1n) is 6.19. The maximum absolute atomic E-state index is 13.2. The van der Waals surface area contributed by atoms with Crippen molar-refractivity contribution < 1.29 is 4.39 Å². The zero-order valence-corrected chi connectivity index (χ0v) is 13.9. The van der Waals surface area contributed by atoms with Gasteiger partial charge in [0.05, 0.1) is 10.7 Å². The van der Waals surface area contributed by atoms with E-state index in [0.29, 0.717) is 0 Å². The minimum atomic E-state index is -0.187. The van der Waals surface area contributed by atoms with Gasteiger partial charge in [-0.2, -0.15) is 0 Å². The molecule has 2 nitrogen and oxygen atoms in total. The van der Waals surface area contributed by atoms with Crippen LogP contribution in [-0.2, 0) is 6.42 Å². The molecule has 0 spiro atoms. The fourth-order valence-corrected chi connectivity index (χ4v) is 3.51. The van der Waals surface area contributed by atoms with Crippen molar-refractivity contribution in [1.29, 1.82) is 0 Å². The van der Waals surface area contributed by atoms with E-state index in [9.17, 15) is 4.39 Å². The standard InChI is InChI=1S/C14H16FIN2S/c1-3-17-14(7-11-8-19-9(2)18-11)12-5-4-10(15)6-13(12)16/h4-6,8,14,17H,3,7H2,1-2H3. The summed E-state index contributed by atoms with van der Waals surface area (Å²) < 4.78 is 14.1. The first kappa shape index (κ1) is 14.9. The van der Waals surface area contributed by atoms with Gasteiger partial charge in [-0.05, 0) is 53.8 Å². The Kier molecular flexibility index (Phi) is 5.29. The van der Waals surface area contributed by atoms with Gasteiger partial charge in [0.15, 0.2) is 0 Å². The molecule has 0 amide bonds. The fraction of sp³-hybridized carbons (Fsp3) is 0.357. The Balaban J connectivity index is 2.23. The van der Waals surface area contributed by atoms with Crippen LogP contribution in [0.1, 0.15) is 29.2 Å². The van der Waals surface area contributed by atoms with E-state index in [4.69, 9.17) is 0 Å². The molecule has 1 N–H and O–H groups in total. The van der Waals surface area contributed by atoms with E-state index in [-0.39, 0.29) is 11.9 Å². The molecule has 1 aromatic heterocycles. The monoisotopic (exact) mass is 390 g/mol. The number of benzene rings is 1. The van der Waals surface area contributed by atoms with E-state index in [2.05, 4.69) is 45.2 Å². The second kappa shape index (κ2) is 6.76. The molecule has 0 radical (unpaired) electrons. The molecule has 0 saturated heterocycles. The van der Waals surface area contributed by atoms with Crippen LogP contribution in [0.5, 0.6) is 0 Å². The first-order valence-corrected chi connectivity index (χ1v) is 8.15. The summed E-state index contributed by atoms with van der Waals surface area (Å²) >= 11 is 3.86. The van der Waals surface area contributed by atoms with Gasteiger partial charge in [0.25, 0.3) is 0 Å². The van der Waals surface area contributed by atoms with Gasteiger partial charge in [-0.3, -0.25) is 0 Å². The quantitative estimate of drug-likeness (QED) is 0.779. The van der Waals surface area contributed by atoms with Crippen LogP contribution in [0.25, 0.3) is 0 Å². The van der Waals surface area contributed by atoms with Crippen molar-refractivity contribution in [3.05, 3.63) is 49.2 Å². The van der Waals surface area contributed by atoms with Crippen LogP contribution < -0.4 is 5.32 Å². The van der Waals surface area contributed by atoms with Crippen molar-refractivity contribution in [1.82, 2.24) is 10.3 Å². The third kappa shape index (κ3) is 3.97. The molecule has 19 heavy (non-hydrogen) atoms. The molecule has 102 valence electrons. The minimum absolute atomic E-state index is 0.180. The number of nitrogens with one attached hydrogen (secondary N) is 1. The van der Waals surface area contributed by atoms with Crippen LogP contribution in [0.4, 0.5) is 4.39 Å². The summed E-state index contributed by atoms with van der Waals surface area (Å²) in [6.07, 6.45) is 0.833. The van der Waals surface area contributed by atoms with E-state index in [1.165, 1.54) is 6.07 Å². The van der Waals surface area contributed by atoms with Crippen LogP contribution in [-0.4, -0.2) is 11.5 Å². The Labute approximate surface area is 130 Å². The SMILES string of the molecule is CCNC(Cc1csc(C)n1)c1ccc(F)cc1I. The number of hydrogen-bond donors (Lipinski definition) is 1. The van der Waals surface area contributed by atoms with E-state index in [1.807, 2.05) is 13.0 Å². The highest BCUT2D eigenvalue weighted by Gasteiger charge is 2.16. The zero-order chi connectivity index (χ0) is 13.8. The second-order valence-electron chi connectivity index (χ2n) is 4.34. The number of hydrogen-bond acceptors (Lipinski definition) is 3. The summed E-state index contributed by atoms with van der Waals surface area (Å²) in [5.74, 6) is -0.187. The normalized spacial score (nSPS) is 12.6.